The highest BCUT2D eigenvalue weighted by Gasteiger charge is 2.12. The lowest BCUT2D eigenvalue weighted by Crippen LogP contribution is -2.18. The van der Waals surface area contributed by atoms with Crippen molar-refractivity contribution in [2.45, 2.75) is 6.92 Å². The first-order valence-electron chi connectivity index (χ1n) is 2.72. The summed E-state index contributed by atoms with van der Waals surface area (Å²) in [5, 5.41) is 8.26. The van der Waals surface area contributed by atoms with Crippen LogP contribution in [0.3, 0.4) is 0 Å². The quantitative estimate of drug-likeness (QED) is 0.520. The number of carbonyl (C=O) groups is 1. The Labute approximate surface area is 71.8 Å². The van der Waals surface area contributed by atoms with E-state index in [0.29, 0.717) is 15.0 Å². The minimum atomic E-state index is -0.577. The SMILES string of the molecule is Cc1nc(Cl)sc1C(=O)NO. The number of nitrogens with zero attached hydrogens (tertiary/aromatic N) is 1. The maximum Gasteiger partial charge on any atom is 0.286 e. The number of rotatable bonds is 1. The molecule has 1 rings (SSSR count). The Morgan fingerprint density at radius 2 is 2.45 bits per heavy atom. The lowest BCUT2D eigenvalue weighted by atomic mass is 10.4. The molecule has 0 radical (unpaired) electrons. The van der Waals surface area contributed by atoms with Gasteiger partial charge in [0, 0.05) is 0 Å². The molecule has 0 unspecified atom stereocenters. The van der Waals surface area contributed by atoms with Gasteiger partial charge in [-0.1, -0.05) is 22.9 Å². The number of hydroxylamine groups is 1. The third-order valence-electron chi connectivity index (χ3n) is 1.08. The summed E-state index contributed by atoms with van der Waals surface area (Å²) in [5.74, 6) is -0.577. The standard InChI is InChI=1S/C5H5ClN2O2S/c1-2-3(4(9)8-10)11-5(6)7-2/h10H,1H3,(H,8,9). The van der Waals surface area contributed by atoms with Gasteiger partial charge < -0.3 is 0 Å². The van der Waals surface area contributed by atoms with Gasteiger partial charge in [0.15, 0.2) is 4.47 Å². The van der Waals surface area contributed by atoms with Crippen LogP contribution >= 0.6 is 22.9 Å². The molecule has 0 spiro atoms. The highest BCUT2D eigenvalue weighted by atomic mass is 35.5. The van der Waals surface area contributed by atoms with E-state index >= 15 is 0 Å². The van der Waals surface area contributed by atoms with Crippen LogP contribution in [0.25, 0.3) is 0 Å². The number of aromatic nitrogens is 1. The molecule has 60 valence electrons. The molecule has 0 aliphatic carbocycles. The molecule has 0 saturated carbocycles. The van der Waals surface area contributed by atoms with Crippen molar-refractivity contribution in [3.63, 3.8) is 0 Å². The molecule has 0 saturated heterocycles. The van der Waals surface area contributed by atoms with Crippen molar-refractivity contribution in [3.8, 4) is 0 Å². The zero-order valence-corrected chi connectivity index (χ0v) is 7.16. The van der Waals surface area contributed by atoms with Crippen LogP contribution in [0.1, 0.15) is 15.4 Å². The molecule has 0 aliphatic heterocycles. The fourth-order valence-electron chi connectivity index (χ4n) is 0.625. The van der Waals surface area contributed by atoms with Gasteiger partial charge in [-0.05, 0) is 6.92 Å². The van der Waals surface area contributed by atoms with E-state index in [0.717, 1.165) is 11.3 Å². The molecule has 0 aromatic carbocycles. The fourth-order valence-corrected chi connectivity index (χ4v) is 1.67. The number of hydrogen-bond acceptors (Lipinski definition) is 4. The van der Waals surface area contributed by atoms with Crippen LogP contribution in [0.15, 0.2) is 0 Å². The minimum Gasteiger partial charge on any atom is -0.288 e. The molecule has 0 atom stereocenters. The predicted octanol–water partition coefficient (Wildman–Crippen LogP) is 1.22. The highest BCUT2D eigenvalue weighted by Crippen LogP contribution is 2.21. The summed E-state index contributed by atoms with van der Waals surface area (Å²) < 4.78 is 0.293. The van der Waals surface area contributed by atoms with E-state index < -0.39 is 5.91 Å². The van der Waals surface area contributed by atoms with Crippen molar-refractivity contribution in [3.05, 3.63) is 15.0 Å². The zero-order chi connectivity index (χ0) is 8.43. The molecule has 4 nitrogen and oxygen atoms in total. The lowest BCUT2D eigenvalue weighted by molar-refractivity contribution is 0.0710. The number of nitrogens with one attached hydrogen (secondary N) is 1. The molecule has 0 bridgehead atoms. The molecule has 1 heterocycles. The number of carbonyl (C=O) groups excluding carboxylic acids is 1. The Morgan fingerprint density at radius 1 is 1.82 bits per heavy atom. The first-order chi connectivity index (χ1) is 5.15. The van der Waals surface area contributed by atoms with Crippen molar-refractivity contribution in [1.82, 2.24) is 10.5 Å². The van der Waals surface area contributed by atoms with E-state index in [1.165, 1.54) is 5.48 Å². The molecular weight excluding hydrogens is 188 g/mol. The van der Waals surface area contributed by atoms with E-state index in [1.807, 2.05) is 0 Å². The van der Waals surface area contributed by atoms with E-state index in [4.69, 9.17) is 16.8 Å². The molecule has 0 fully saturated rings. The lowest BCUT2D eigenvalue weighted by Gasteiger charge is -1.92. The Bertz CT molecular complexity index is 286. The van der Waals surface area contributed by atoms with Crippen LogP contribution < -0.4 is 5.48 Å². The monoisotopic (exact) mass is 192 g/mol. The maximum atomic E-state index is 10.8. The molecule has 6 heteroatoms. The largest absolute Gasteiger partial charge is 0.288 e. The summed E-state index contributed by atoms with van der Waals surface area (Å²) in [4.78, 5) is 14.9. The molecule has 1 aromatic heterocycles. The summed E-state index contributed by atoms with van der Waals surface area (Å²) in [7, 11) is 0. The summed E-state index contributed by atoms with van der Waals surface area (Å²) in [5.41, 5.74) is 2.03. The third-order valence-corrected chi connectivity index (χ3v) is 2.34. The molecule has 1 amide bonds. The van der Waals surface area contributed by atoms with Crippen molar-refractivity contribution < 1.29 is 10.0 Å². The fraction of sp³-hybridized carbons (Fsp3) is 0.200. The van der Waals surface area contributed by atoms with Crippen LogP contribution in [-0.2, 0) is 0 Å². The molecule has 2 N–H and O–H groups in total. The molecule has 1 aromatic rings. The van der Waals surface area contributed by atoms with Gasteiger partial charge in [0.05, 0.1) is 5.69 Å². The Balaban J connectivity index is 3.03. The summed E-state index contributed by atoms with van der Waals surface area (Å²) in [6.45, 7) is 1.65. The normalized spacial score (nSPS) is 9.73. The number of amides is 1. The first kappa shape index (κ1) is 8.45. The highest BCUT2D eigenvalue weighted by molar-refractivity contribution is 7.17. The van der Waals surface area contributed by atoms with Gasteiger partial charge in [-0.25, -0.2) is 10.5 Å². The second kappa shape index (κ2) is 3.17. The van der Waals surface area contributed by atoms with Gasteiger partial charge in [0.1, 0.15) is 4.88 Å². The van der Waals surface area contributed by atoms with E-state index in [-0.39, 0.29) is 0 Å². The van der Waals surface area contributed by atoms with Crippen LogP contribution in [0.5, 0.6) is 0 Å². The summed E-state index contributed by atoms with van der Waals surface area (Å²) in [6, 6.07) is 0. The Kier molecular flexibility index (Phi) is 2.43. The second-order valence-electron chi connectivity index (χ2n) is 1.82. The van der Waals surface area contributed by atoms with E-state index in [9.17, 15) is 4.79 Å². The first-order valence-corrected chi connectivity index (χ1v) is 3.92. The third kappa shape index (κ3) is 1.68. The predicted molar refractivity (Wildman–Crippen MR) is 41.1 cm³/mol. The van der Waals surface area contributed by atoms with Gasteiger partial charge >= 0.3 is 0 Å². The van der Waals surface area contributed by atoms with Crippen LogP contribution in [0.4, 0.5) is 0 Å². The van der Waals surface area contributed by atoms with Crippen molar-refractivity contribution in [2.75, 3.05) is 0 Å². The van der Waals surface area contributed by atoms with Crippen LogP contribution in [0, 0.1) is 6.92 Å². The average molecular weight is 193 g/mol. The zero-order valence-electron chi connectivity index (χ0n) is 5.59. The molecular formula is C5H5ClN2O2S. The number of aryl methyl sites for hydroxylation is 1. The van der Waals surface area contributed by atoms with Crippen molar-refractivity contribution in [1.29, 1.82) is 0 Å². The van der Waals surface area contributed by atoms with Gasteiger partial charge in [-0.2, -0.15) is 0 Å². The van der Waals surface area contributed by atoms with Gasteiger partial charge in [-0.15, -0.1) is 0 Å². The van der Waals surface area contributed by atoms with Crippen LogP contribution in [0.2, 0.25) is 4.47 Å². The van der Waals surface area contributed by atoms with Gasteiger partial charge in [0.2, 0.25) is 0 Å². The van der Waals surface area contributed by atoms with Crippen molar-refractivity contribution >= 4 is 28.8 Å². The van der Waals surface area contributed by atoms with E-state index in [2.05, 4.69) is 4.98 Å². The Hall–Kier alpha value is -0.650. The topological polar surface area (TPSA) is 62.2 Å². The van der Waals surface area contributed by atoms with E-state index in [1.54, 1.807) is 6.92 Å². The smallest absolute Gasteiger partial charge is 0.286 e. The number of hydrogen-bond donors (Lipinski definition) is 2. The maximum absolute atomic E-state index is 10.8. The number of thiazole rings is 1. The molecule has 11 heavy (non-hydrogen) atoms. The summed E-state index contributed by atoms with van der Waals surface area (Å²) >= 11 is 6.54. The summed E-state index contributed by atoms with van der Waals surface area (Å²) in [6.07, 6.45) is 0. The average Bonchev–Trinajstić information content (AvgIpc) is 2.28. The number of halogens is 1. The second-order valence-corrected chi connectivity index (χ2v) is 3.40. The van der Waals surface area contributed by atoms with Crippen molar-refractivity contribution in [2.24, 2.45) is 0 Å². The minimum absolute atomic E-state index is 0.293. The van der Waals surface area contributed by atoms with Gasteiger partial charge in [-0.3, -0.25) is 10.0 Å². The Morgan fingerprint density at radius 3 is 2.82 bits per heavy atom. The van der Waals surface area contributed by atoms with Crippen LogP contribution in [-0.4, -0.2) is 16.1 Å². The van der Waals surface area contributed by atoms with Gasteiger partial charge in [0.25, 0.3) is 5.91 Å². The molecule has 0 aliphatic rings.